The Kier molecular flexibility index (Phi) is 5.71. The highest BCUT2D eigenvalue weighted by atomic mass is 35.5. The molecule has 3 heteroatoms. The summed E-state index contributed by atoms with van der Waals surface area (Å²) in [5.41, 5.74) is 0. The zero-order valence-electron chi connectivity index (χ0n) is 5.69. The zero-order valence-corrected chi connectivity index (χ0v) is 6.44. The predicted octanol–water partition coefficient (Wildman–Crippen LogP) is -3.31. The molecule has 8 heavy (non-hydrogen) atoms. The van der Waals surface area contributed by atoms with E-state index in [9.17, 15) is 0 Å². The van der Waals surface area contributed by atoms with E-state index in [1.54, 1.807) is 0 Å². The second-order valence-corrected chi connectivity index (χ2v) is 2.74. The number of aliphatic hydroxyl groups is 1. The minimum atomic E-state index is 0. The van der Waals surface area contributed by atoms with Gasteiger partial charge in [-0.1, -0.05) is 0 Å². The quantitative estimate of drug-likeness (QED) is 0.244. The van der Waals surface area contributed by atoms with Gasteiger partial charge in [-0.25, -0.2) is 0 Å². The van der Waals surface area contributed by atoms with Crippen molar-refractivity contribution < 1.29 is 22.0 Å². The monoisotopic (exact) mass is 143 g/mol. The molecule has 0 saturated carbocycles. The van der Waals surface area contributed by atoms with E-state index in [1.807, 2.05) is 0 Å². The van der Waals surface area contributed by atoms with Crippen LogP contribution in [-0.2, 0) is 0 Å². The van der Waals surface area contributed by atoms with Crippen molar-refractivity contribution in [1.29, 1.82) is 0 Å². The van der Waals surface area contributed by atoms with Crippen LogP contribution in [0.2, 0.25) is 0 Å². The van der Waals surface area contributed by atoms with Crippen molar-refractivity contribution in [3.05, 3.63) is 0 Å². The minimum absolute atomic E-state index is 0. The highest BCUT2D eigenvalue weighted by Gasteiger charge is 2.02. The Morgan fingerprint density at radius 2 is 1.62 bits per heavy atom. The molecule has 0 bridgehead atoms. The third kappa shape index (κ3) is 9.51. The first-order valence-electron chi connectivity index (χ1n) is 2.47. The molecular formula is C5H14ClNO. The lowest BCUT2D eigenvalue weighted by Gasteiger charge is -2.21. The molecule has 0 radical (unpaired) electrons. The maximum absolute atomic E-state index is 8.39. The molecule has 0 heterocycles. The molecule has 0 saturated heterocycles. The molecule has 0 aromatic carbocycles. The molecule has 0 aliphatic rings. The maximum atomic E-state index is 8.39. The SMILES string of the molecule is [13CH3][15N+]([13CH3])([13CH3])CCO.[Cl-]. The average molecular weight is 144 g/mol. The number of hydrogen-bond donors (Lipinski definition) is 1. The van der Waals surface area contributed by atoms with Crippen molar-refractivity contribution in [1.82, 2.24) is 0 Å². The van der Waals surface area contributed by atoms with Gasteiger partial charge in [-0.3, -0.25) is 0 Å². The Labute approximate surface area is 57.1 Å². The van der Waals surface area contributed by atoms with Crippen molar-refractivity contribution in [2.24, 2.45) is 0 Å². The van der Waals surface area contributed by atoms with E-state index in [-0.39, 0.29) is 19.0 Å². The number of halogens is 1. The summed E-state index contributed by atoms with van der Waals surface area (Å²) in [6.45, 7) is 1.11. The molecule has 52 valence electrons. The van der Waals surface area contributed by atoms with Crippen molar-refractivity contribution in [2.45, 2.75) is 0 Å². The highest BCUT2D eigenvalue weighted by Crippen LogP contribution is 1.84. The normalized spacial score (nSPS) is 10.5. The molecule has 0 aromatic rings. The molecule has 0 unspecified atom stereocenters. The van der Waals surface area contributed by atoms with Gasteiger partial charge in [-0.15, -0.1) is 0 Å². The van der Waals surface area contributed by atoms with Gasteiger partial charge < -0.3 is 22.0 Å². The summed E-state index contributed by atoms with van der Waals surface area (Å²) in [5, 5.41) is 8.39. The molecule has 0 amide bonds. The number of nitrogens with zero attached hydrogens (tertiary/aromatic N) is 1. The summed E-state index contributed by atoms with van der Waals surface area (Å²) in [4.78, 5) is 0. The van der Waals surface area contributed by atoms with E-state index in [0.717, 1.165) is 11.0 Å². The van der Waals surface area contributed by atoms with Crippen LogP contribution in [0.25, 0.3) is 0 Å². The van der Waals surface area contributed by atoms with Crippen LogP contribution in [0, 0.1) is 0 Å². The summed E-state index contributed by atoms with van der Waals surface area (Å²) in [6.07, 6.45) is 0. The molecule has 0 fully saturated rings. The lowest BCUT2D eigenvalue weighted by molar-refractivity contribution is -0.870. The molecule has 0 spiro atoms. The van der Waals surface area contributed by atoms with Gasteiger partial charge in [0.2, 0.25) is 0 Å². The van der Waals surface area contributed by atoms with Crippen LogP contribution < -0.4 is 12.4 Å². The van der Waals surface area contributed by atoms with Crippen molar-refractivity contribution >= 4 is 0 Å². The van der Waals surface area contributed by atoms with E-state index < -0.39 is 0 Å². The Morgan fingerprint density at radius 3 is 1.62 bits per heavy atom. The first-order valence-corrected chi connectivity index (χ1v) is 2.47. The largest absolute Gasteiger partial charge is 1.00 e. The topological polar surface area (TPSA) is 20.2 Å². The molecule has 2 nitrogen and oxygen atoms in total. The summed E-state index contributed by atoms with van der Waals surface area (Å²) in [7, 11) is 6.16. The number of likely N-dealkylation sites (N-methyl/N-ethyl adjacent to an activating group) is 1. The van der Waals surface area contributed by atoms with E-state index in [1.165, 1.54) is 0 Å². The zero-order chi connectivity index (χ0) is 5.91. The third-order valence-electron chi connectivity index (χ3n) is 0.771. The molecule has 1 N–H and O–H groups in total. The van der Waals surface area contributed by atoms with Crippen LogP contribution in [-0.4, -0.2) is 43.9 Å². The fraction of sp³-hybridized carbons (Fsp3) is 1.00. The molecule has 0 aliphatic carbocycles. The Bertz CT molecular complexity index is 50.9. The summed E-state index contributed by atoms with van der Waals surface area (Å²) >= 11 is 0. The predicted molar refractivity (Wildman–Crippen MR) is 30.0 cm³/mol. The van der Waals surface area contributed by atoms with E-state index in [2.05, 4.69) is 21.1 Å². The number of rotatable bonds is 2. The van der Waals surface area contributed by atoms with Crippen LogP contribution in [0.4, 0.5) is 0 Å². The van der Waals surface area contributed by atoms with Gasteiger partial charge in [0.05, 0.1) is 27.7 Å². The van der Waals surface area contributed by atoms with Gasteiger partial charge >= 0.3 is 0 Å². The second kappa shape index (κ2) is 4.13. The summed E-state index contributed by atoms with van der Waals surface area (Å²) in [5.74, 6) is 0. The van der Waals surface area contributed by atoms with Gasteiger partial charge in [0.25, 0.3) is 0 Å². The van der Waals surface area contributed by atoms with Crippen molar-refractivity contribution in [2.75, 3.05) is 34.3 Å². The van der Waals surface area contributed by atoms with Crippen LogP contribution in [0.15, 0.2) is 0 Å². The molecule has 0 aliphatic heterocycles. The molecule has 0 atom stereocenters. The highest BCUT2D eigenvalue weighted by molar-refractivity contribution is 4.19. The smallest absolute Gasteiger partial charge is 0.101 e. The maximum Gasteiger partial charge on any atom is 0.101 e. The fourth-order valence-corrected chi connectivity index (χ4v) is 0.300. The molecule has 0 aromatic heterocycles. The third-order valence-corrected chi connectivity index (χ3v) is 0.771. The van der Waals surface area contributed by atoms with E-state index >= 15 is 0 Å². The van der Waals surface area contributed by atoms with Crippen molar-refractivity contribution in [3.63, 3.8) is 0 Å². The van der Waals surface area contributed by atoms with Gasteiger partial charge in [0.1, 0.15) is 6.54 Å². The van der Waals surface area contributed by atoms with E-state index in [0.29, 0.717) is 0 Å². The second-order valence-electron chi connectivity index (χ2n) is 2.74. The van der Waals surface area contributed by atoms with E-state index in [4.69, 9.17) is 5.11 Å². The summed E-state index contributed by atoms with van der Waals surface area (Å²) in [6, 6.07) is 0. The van der Waals surface area contributed by atoms with Gasteiger partial charge in [-0.05, 0) is 0 Å². The first kappa shape index (κ1) is 11.1. The van der Waals surface area contributed by atoms with Gasteiger partial charge in [0, 0.05) is 0 Å². The molecular weight excluding hydrogens is 129 g/mol. The Hall–Kier alpha value is 0.210. The number of hydrogen-bond acceptors (Lipinski definition) is 1. The van der Waals surface area contributed by atoms with Crippen LogP contribution in [0.3, 0.4) is 0 Å². The van der Waals surface area contributed by atoms with Gasteiger partial charge in [-0.2, -0.15) is 0 Å². The average Bonchev–Trinajstić information content (AvgIpc) is 1.30. The lowest BCUT2D eigenvalue weighted by Crippen LogP contribution is -3.00. The van der Waals surface area contributed by atoms with Crippen LogP contribution in [0.1, 0.15) is 0 Å². The first-order chi connectivity index (χ1) is 3.06. The minimum Gasteiger partial charge on any atom is -1.00 e. The summed E-state index contributed by atoms with van der Waals surface area (Å²) < 4.78 is 0.844. The number of aliphatic hydroxyl groups excluding tert-OH is 1. The standard InChI is InChI=1S/C5H14NO.ClH/c1-6(2,3)4-5-7;/h7H,4-5H2,1-3H3;1H/q+1;/p-1/i1+1,2+1,3+1,6+1;. The van der Waals surface area contributed by atoms with Gasteiger partial charge in [0.15, 0.2) is 0 Å². The Balaban J connectivity index is 0. The van der Waals surface area contributed by atoms with Crippen LogP contribution in [0.5, 0.6) is 0 Å². The Morgan fingerprint density at radius 1 is 1.25 bits per heavy atom. The molecule has 0 rings (SSSR count). The number of quaternary nitrogens is 1. The lowest BCUT2D eigenvalue weighted by atomic mass is 10.7. The van der Waals surface area contributed by atoms with Crippen molar-refractivity contribution in [3.8, 4) is 0 Å². The van der Waals surface area contributed by atoms with Crippen LogP contribution >= 0.6 is 0 Å². The fourth-order valence-electron chi connectivity index (χ4n) is 0.300.